The molecule has 3 aromatic heterocycles. The van der Waals surface area contributed by atoms with Gasteiger partial charge in [-0.05, 0) is 43.9 Å². The normalized spacial score (nSPS) is 23.4. The van der Waals surface area contributed by atoms with E-state index in [1.807, 2.05) is 17.0 Å². The second kappa shape index (κ2) is 9.40. The molecule has 37 heavy (non-hydrogen) atoms. The lowest BCUT2D eigenvalue weighted by molar-refractivity contribution is -0.182. The van der Waals surface area contributed by atoms with E-state index in [4.69, 9.17) is 14.2 Å². The Labute approximate surface area is 213 Å². The summed E-state index contributed by atoms with van der Waals surface area (Å²) >= 11 is 0. The fourth-order valence-corrected chi connectivity index (χ4v) is 5.65. The van der Waals surface area contributed by atoms with Gasteiger partial charge in [-0.25, -0.2) is 9.78 Å². The van der Waals surface area contributed by atoms with Crippen LogP contribution < -0.4 is 20.3 Å². The monoisotopic (exact) mass is 507 g/mol. The van der Waals surface area contributed by atoms with E-state index >= 15 is 0 Å². The molecule has 0 radical (unpaired) electrons. The number of hydrogen-bond acceptors (Lipinski definition) is 10. The van der Waals surface area contributed by atoms with Crippen molar-refractivity contribution in [3.05, 3.63) is 52.6 Å². The van der Waals surface area contributed by atoms with Gasteiger partial charge in [0.2, 0.25) is 5.88 Å². The molecule has 2 saturated heterocycles. The highest BCUT2D eigenvalue weighted by molar-refractivity contribution is 5.82. The molecule has 2 N–H and O–H groups in total. The van der Waals surface area contributed by atoms with E-state index in [-0.39, 0.29) is 30.6 Å². The summed E-state index contributed by atoms with van der Waals surface area (Å²) in [5.41, 5.74) is 1.86. The van der Waals surface area contributed by atoms with E-state index in [0.717, 1.165) is 25.7 Å². The number of aromatic nitrogens is 3. The lowest BCUT2D eigenvalue weighted by Crippen LogP contribution is -2.62. The average molecular weight is 508 g/mol. The Kier molecular flexibility index (Phi) is 6.06. The minimum absolute atomic E-state index is 0.0255. The van der Waals surface area contributed by atoms with E-state index < -0.39 is 17.7 Å². The van der Waals surface area contributed by atoms with Crippen molar-refractivity contribution in [1.82, 2.24) is 19.4 Å². The number of aliphatic hydroxyl groups is 1. The quantitative estimate of drug-likeness (QED) is 0.360. The number of fused-ring (bicyclic) bond motifs is 5. The molecule has 0 aromatic carbocycles. The molecule has 1 atom stereocenters. The Morgan fingerprint density at radius 1 is 1.27 bits per heavy atom. The zero-order valence-corrected chi connectivity index (χ0v) is 20.6. The zero-order chi connectivity index (χ0) is 25.6. The van der Waals surface area contributed by atoms with Crippen LogP contribution >= 0.6 is 0 Å². The Morgan fingerprint density at radius 3 is 2.86 bits per heavy atom. The van der Waals surface area contributed by atoms with Gasteiger partial charge in [-0.3, -0.25) is 14.7 Å². The van der Waals surface area contributed by atoms with Crippen molar-refractivity contribution >= 4 is 22.7 Å². The third-order valence-electron chi connectivity index (χ3n) is 7.70. The molecule has 6 heterocycles. The molecule has 3 aliphatic heterocycles. The highest BCUT2D eigenvalue weighted by Gasteiger charge is 2.47. The van der Waals surface area contributed by atoms with Gasteiger partial charge in [0.25, 0.3) is 5.56 Å². The fourth-order valence-electron chi connectivity index (χ4n) is 5.65. The molecule has 1 saturated carbocycles. The largest absolute Gasteiger partial charge is 0.495 e. The van der Waals surface area contributed by atoms with Crippen LogP contribution in [0, 0.1) is 0 Å². The van der Waals surface area contributed by atoms with Crippen LogP contribution in [0.4, 0.5) is 5.69 Å². The van der Waals surface area contributed by atoms with Crippen molar-refractivity contribution in [2.75, 3.05) is 25.6 Å². The van der Waals surface area contributed by atoms with Crippen LogP contribution in [-0.4, -0.2) is 68.6 Å². The molecule has 11 nitrogen and oxygen atoms in total. The number of rotatable bonds is 7. The fraction of sp³-hybridized carbons (Fsp3) is 0.462. The minimum Gasteiger partial charge on any atom is -0.495 e. The second-order valence-corrected chi connectivity index (χ2v) is 9.89. The van der Waals surface area contributed by atoms with E-state index in [0.29, 0.717) is 41.3 Å². The summed E-state index contributed by atoms with van der Waals surface area (Å²) in [6.45, 7) is 0.911. The van der Waals surface area contributed by atoms with Crippen LogP contribution in [0.3, 0.4) is 0 Å². The molecule has 1 aliphatic carbocycles. The third-order valence-corrected chi connectivity index (χ3v) is 7.70. The lowest BCUT2D eigenvalue weighted by Gasteiger charge is -2.53. The molecule has 194 valence electrons. The number of nitrogens with one attached hydrogen (secondary N) is 1. The van der Waals surface area contributed by atoms with E-state index in [1.54, 1.807) is 25.4 Å². The van der Waals surface area contributed by atoms with Crippen molar-refractivity contribution in [2.45, 2.75) is 56.6 Å². The first-order chi connectivity index (χ1) is 17.9. The van der Waals surface area contributed by atoms with Crippen LogP contribution in [0.1, 0.15) is 31.4 Å². The van der Waals surface area contributed by atoms with Gasteiger partial charge in [0.15, 0.2) is 0 Å². The predicted octanol–water partition coefficient (Wildman–Crippen LogP) is 1.66. The van der Waals surface area contributed by atoms with E-state index in [1.165, 1.54) is 10.6 Å². The molecule has 11 heteroatoms. The molecule has 0 spiro atoms. The Balaban J connectivity index is 1.36. The molecule has 1 unspecified atom stereocenters. The first-order valence-electron chi connectivity index (χ1n) is 12.5. The van der Waals surface area contributed by atoms with Crippen LogP contribution in [0.2, 0.25) is 0 Å². The SMILES string of the molecule is COc1cnc2ccc(=O)n(CC(O)N(Cc3ccc4c(n3)OC(=O)CN4)C34CCC(CC3)OC4)c2c1. The van der Waals surface area contributed by atoms with Gasteiger partial charge in [-0.1, -0.05) is 0 Å². The standard InChI is InChI=1S/C26H29N5O6/c1-35-18-10-21-19(27-11-18)4-5-22(32)30(21)14-23(33)31(26-8-6-17(7-9-26)36-15-26)13-16-2-3-20-25(29-16)37-24(34)12-28-20/h2-5,10-11,17,23,28,33H,6-9,12-15H2,1H3. The molecule has 3 fully saturated rings. The van der Waals surface area contributed by atoms with Gasteiger partial charge >= 0.3 is 5.97 Å². The number of esters is 1. The lowest BCUT2D eigenvalue weighted by atomic mass is 9.76. The van der Waals surface area contributed by atoms with Gasteiger partial charge in [0.1, 0.15) is 18.5 Å². The van der Waals surface area contributed by atoms with Crippen LogP contribution in [0.15, 0.2) is 41.3 Å². The molecule has 4 aliphatic rings. The summed E-state index contributed by atoms with van der Waals surface area (Å²) in [5, 5.41) is 14.7. The Hall–Kier alpha value is -3.54. The number of pyridine rings is 3. The third kappa shape index (κ3) is 4.43. The van der Waals surface area contributed by atoms with Crippen molar-refractivity contribution in [2.24, 2.45) is 0 Å². The number of carbonyl (C=O) groups is 1. The van der Waals surface area contributed by atoms with Crippen LogP contribution in [-0.2, 0) is 22.6 Å². The molecule has 0 amide bonds. The summed E-state index contributed by atoms with van der Waals surface area (Å²) in [6, 6.07) is 8.56. The average Bonchev–Trinajstić information content (AvgIpc) is 2.93. The Bertz CT molecular complexity index is 1390. The highest BCUT2D eigenvalue weighted by Crippen LogP contribution is 2.42. The molecule has 3 aromatic rings. The van der Waals surface area contributed by atoms with Gasteiger partial charge in [-0.15, -0.1) is 0 Å². The maximum atomic E-state index is 12.9. The number of methoxy groups -OCH3 is 1. The molecule has 2 bridgehead atoms. The summed E-state index contributed by atoms with van der Waals surface area (Å²) in [7, 11) is 1.54. The van der Waals surface area contributed by atoms with Crippen molar-refractivity contribution in [3.63, 3.8) is 0 Å². The molecular weight excluding hydrogens is 478 g/mol. The number of hydrogen-bond donors (Lipinski definition) is 2. The van der Waals surface area contributed by atoms with Crippen molar-refractivity contribution in [3.8, 4) is 11.6 Å². The highest BCUT2D eigenvalue weighted by atomic mass is 16.5. The number of ether oxygens (including phenoxy) is 3. The van der Waals surface area contributed by atoms with Crippen molar-refractivity contribution < 1.29 is 24.1 Å². The van der Waals surface area contributed by atoms with Crippen LogP contribution in [0.5, 0.6) is 11.6 Å². The van der Waals surface area contributed by atoms with Crippen LogP contribution in [0.25, 0.3) is 11.0 Å². The van der Waals surface area contributed by atoms with E-state index in [2.05, 4.69) is 15.3 Å². The van der Waals surface area contributed by atoms with Gasteiger partial charge in [0, 0.05) is 24.2 Å². The summed E-state index contributed by atoms with van der Waals surface area (Å²) in [5.74, 6) is 0.357. The first kappa shape index (κ1) is 23.8. The zero-order valence-electron chi connectivity index (χ0n) is 20.6. The van der Waals surface area contributed by atoms with E-state index in [9.17, 15) is 14.7 Å². The number of nitrogens with zero attached hydrogens (tertiary/aromatic N) is 4. The number of carbonyl (C=O) groups excluding carboxylic acids is 1. The maximum absolute atomic E-state index is 12.9. The smallest absolute Gasteiger partial charge is 0.332 e. The number of aliphatic hydroxyl groups excluding tert-OH is 1. The summed E-state index contributed by atoms with van der Waals surface area (Å²) in [4.78, 5) is 35.7. The number of anilines is 1. The Morgan fingerprint density at radius 2 is 2.11 bits per heavy atom. The van der Waals surface area contributed by atoms with Gasteiger partial charge < -0.3 is 29.2 Å². The first-order valence-corrected chi connectivity index (χ1v) is 12.5. The van der Waals surface area contributed by atoms with Gasteiger partial charge in [-0.2, -0.15) is 0 Å². The van der Waals surface area contributed by atoms with Crippen molar-refractivity contribution in [1.29, 1.82) is 0 Å². The summed E-state index contributed by atoms with van der Waals surface area (Å²) in [6.07, 6.45) is 4.40. The van der Waals surface area contributed by atoms with Gasteiger partial charge in [0.05, 0.1) is 55.0 Å². The second-order valence-electron chi connectivity index (χ2n) is 9.89. The predicted molar refractivity (Wildman–Crippen MR) is 133 cm³/mol. The maximum Gasteiger partial charge on any atom is 0.332 e. The molecular formula is C26H29N5O6. The topological polar surface area (TPSA) is 128 Å². The minimum atomic E-state index is -1.02. The summed E-state index contributed by atoms with van der Waals surface area (Å²) < 4.78 is 18.2. The molecule has 7 rings (SSSR count).